The van der Waals surface area contributed by atoms with Crippen molar-refractivity contribution in [2.75, 3.05) is 0 Å². The van der Waals surface area contributed by atoms with Crippen LogP contribution in [0.1, 0.15) is 55.8 Å². The van der Waals surface area contributed by atoms with Crippen molar-refractivity contribution in [3.05, 3.63) is 35.1 Å². The van der Waals surface area contributed by atoms with E-state index in [4.69, 9.17) is 0 Å². The number of halogens is 1. The van der Waals surface area contributed by atoms with E-state index in [1.54, 1.807) is 12.1 Å². The van der Waals surface area contributed by atoms with Crippen LogP contribution in [-0.4, -0.2) is 5.11 Å². The molecule has 0 spiro atoms. The molecular formula is C18H23FO. The van der Waals surface area contributed by atoms with Crippen molar-refractivity contribution in [2.45, 2.75) is 51.6 Å². The molecule has 4 saturated carbocycles. The highest BCUT2D eigenvalue weighted by Gasteiger charge is 2.54. The Morgan fingerprint density at radius 2 is 1.65 bits per heavy atom. The van der Waals surface area contributed by atoms with Crippen molar-refractivity contribution in [2.24, 2.45) is 23.2 Å². The van der Waals surface area contributed by atoms with Crippen LogP contribution in [0.2, 0.25) is 0 Å². The van der Waals surface area contributed by atoms with E-state index < -0.39 is 6.10 Å². The summed E-state index contributed by atoms with van der Waals surface area (Å²) in [4.78, 5) is 0. The molecule has 4 fully saturated rings. The molecule has 2 heteroatoms. The van der Waals surface area contributed by atoms with Gasteiger partial charge in [0.2, 0.25) is 0 Å². The second kappa shape index (κ2) is 4.30. The number of aliphatic hydroxyl groups is 1. The van der Waals surface area contributed by atoms with Gasteiger partial charge in [-0.1, -0.05) is 6.07 Å². The number of hydrogen-bond acceptors (Lipinski definition) is 1. The van der Waals surface area contributed by atoms with Gasteiger partial charge in [0, 0.05) is 5.41 Å². The monoisotopic (exact) mass is 274 g/mol. The van der Waals surface area contributed by atoms with Gasteiger partial charge in [-0.15, -0.1) is 0 Å². The maximum absolute atomic E-state index is 13.6. The molecule has 0 radical (unpaired) electrons. The van der Waals surface area contributed by atoms with E-state index in [9.17, 15) is 9.50 Å². The molecular weight excluding hydrogens is 251 g/mol. The molecule has 1 unspecified atom stereocenters. The first-order valence-corrected chi connectivity index (χ1v) is 8.00. The van der Waals surface area contributed by atoms with E-state index in [0.29, 0.717) is 0 Å². The quantitative estimate of drug-likeness (QED) is 0.848. The molecule has 4 aliphatic carbocycles. The summed E-state index contributed by atoms with van der Waals surface area (Å²) in [6.45, 7) is 1.98. The molecule has 5 rings (SSSR count). The Bertz CT molecular complexity index is 501. The minimum absolute atomic E-state index is 0.0350. The molecule has 0 aliphatic heterocycles. The third-order valence-electron chi connectivity index (χ3n) is 6.20. The highest BCUT2D eigenvalue weighted by Crippen LogP contribution is 2.64. The SMILES string of the molecule is Cc1ccc(F)cc1C(O)C12CC3CC(CC(C3)C1)C2. The minimum Gasteiger partial charge on any atom is -0.388 e. The van der Waals surface area contributed by atoms with Crippen LogP contribution < -0.4 is 0 Å². The van der Waals surface area contributed by atoms with Crippen molar-refractivity contribution in [3.63, 3.8) is 0 Å². The molecule has 108 valence electrons. The van der Waals surface area contributed by atoms with E-state index in [1.807, 2.05) is 6.92 Å². The van der Waals surface area contributed by atoms with Gasteiger partial charge >= 0.3 is 0 Å². The number of aryl methyl sites for hydroxylation is 1. The lowest BCUT2D eigenvalue weighted by Crippen LogP contribution is -2.49. The van der Waals surface area contributed by atoms with E-state index in [1.165, 1.54) is 25.3 Å². The average molecular weight is 274 g/mol. The first kappa shape index (κ1) is 12.8. The Balaban J connectivity index is 1.71. The van der Waals surface area contributed by atoms with Gasteiger partial charge in [-0.25, -0.2) is 4.39 Å². The molecule has 0 amide bonds. The smallest absolute Gasteiger partial charge is 0.123 e. The molecule has 1 aromatic carbocycles. The van der Waals surface area contributed by atoms with Crippen molar-refractivity contribution in [1.29, 1.82) is 0 Å². The Morgan fingerprint density at radius 3 is 2.20 bits per heavy atom. The van der Waals surface area contributed by atoms with Gasteiger partial charge in [0.25, 0.3) is 0 Å². The van der Waals surface area contributed by atoms with E-state index in [2.05, 4.69) is 0 Å². The minimum atomic E-state index is -0.480. The summed E-state index contributed by atoms with van der Waals surface area (Å²) in [7, 11) is 0. The number of aliphatic hydroxyl groups excluding tert-OH is 1. The zero-order valence-electron chi connectivity index (χ0n) is 12.1. The van der Waals surface area contributed by atoms with Crippen LogP contribution in [0.3, 0.4) is 0 Å². The fraction of sp³-hybridized carbons (Fsp3) is 0.667. The van der Waals surface area contributed by atoms with Gasteiger partial charge in [0.15, 0.2) is 0 Å². The average Bonchev–Trinajstić information content (AvgIpc) is 2.39. The normalized spacial score (nSPS) is 40.0. The highest BCUT2D eigenvalue weighted by atomic mass is 19.1. The summed E-state index contributed by atoms with van der Waals surface area (Å²) in [5.74, 6) is 2.20. The van der Waals surface area contributed by atoms with Crippen LogP contribution in [0.5, 0.6) is 0 Å². The van der Waals surface area contributed by atoms with Gasteiger partial charge in [0.05, 0.1) is 6.10 Å². The standard InChI is InChI=1S/C18H23FO/c1-11-2-3-15(19)7-16(11)17(20)18-8-12-4-13(9-18)6-14(5-12)10-18/h2-3,7,12-14,17,20H,4-6,8-10H2,1H3. The topological polar surface area (TPSA) is 20.2 Å². The maximum atomic E-state index is 13.6. The molecule has 1 atom stereocenters. The van der Waals surface area contributed by atoms with Gasteiger partial charge in [0.1, 0.15) is 5.82 Å². The van der Waals surface area contributed by atoms with Crippen molar-refractivity contribution >= 4 is 0 Å². The second-order valence-electron chi connectivity index (χ2n) is 7.68. The van der Waals surface area contributed by atoms with E-state index >= 15 is 0 Å². The van der Waals surface area contributed by atoms with Crippen LogP contribution in [-0.2, 0) is 0 Å². The molecule has 0 aromatic heterocycles. The molecule has 4 bridgehead atoms. The molecule has 20 heavy (non-hydrogen) atoms. The van der Waals surface area contributed by atoms with Gasteiger partial charge < -0.3 is 5.11 Å². The lowest BCUT2D eigenvalue weighted by molar-refractivity contribution is -0.122. The fourth-order valence-electron chi connectivity index (χ4n) is 5.75. The van der Waals surface area contributed by atoms with Crippen LogP contribution in [0.4, 0.5) is 4.39 Å². The third kappa shape index (κ3) is 1.84. The lowest BCUT2D eigenvalue weighted by atomic mass is 9.47. The predicted octanol–water partition coefficient (Wildman–Crippen LogP) is 4.38. The second-order valence-corrected chi connectivity index (χ2v) is 7.68. The first-order chi connectivity index (χ1) is 9.56. The van der Waals surface area contributed by atoms with E-state index in [-0.39, 0.29) is 11.2 Å². The van der Waals surface area contributed by atoms with E-state index in [0.717, 1.165) is 48.1 Å². The largest absolute Gasteiger partial charge is 0.388 e. The van der Waals surface area contributed by atoms with Crippen molar-refractivity contribution < 1.29 is 9.50 Å². The zero-order chi connectivity index (χ0) is 13.9. The summed E-state index contributed by atoms with van der Waals surface area (Å²) in [5.41, 5.74) is 1.88. The first-order valence-electron chi connectivity index (χ1n) is 8.00. The van der Waals surface area contributed by atoms with Crippen LogP contribution in [0.15, 0.2) is 18.2 Å². The van der Waals surface area contributed by atoms with Gasteiger partial charge in [-0.05, 0) is 86.5 Å². The Morgan fingerprint density at radius 1 is 1.10 bits per heavy atom. The maximum Gasteiger partial charge on any atom is 0.123 e. The molecule has 4 aliphatic rings. The summed E-state index contributed by atoms with van der Waals surface area (Å²) >= 11 is 0. The van der Waals surface area contributed by atoms with Crippen LogP contribution >= 0.6 is 0 Å². The van der Waals surface area contributed by atoms with Gasteiger partial charge in [-0.3, -0.25) is 0 Å². The third-order valence-corrected chi connectivity index (χ3v) is 6.20. The van der Waals surface area contributed by atoms with Crippen LogP contribution in [0, 0.1) is 35.9 Å². The Labute approximate surface area is 120 Å². The molecule has 0 heterocycles. The molecule has 0 saturated heterocycles. The summed E-state index contributed by atoms with van der Waals surface area (Å²) in [6, 6.07) is 4.85. The van der Waals surface area contributed by atoms with Gasteiger partial charge in [-0.2, -0.15) is 0 Å². The summed E-state index contributed by atoms with van der Waals surface area (Å²) in [5, 5.41) is 11.0. The highest BCUT2D eigenvalue weighted by molar-refractivity contribution is 5.30. The molecule has 1 aromatic rings. The molecule has 1 nitrogen and oxygen atoms in total. The number of hydrogen-bond donors (Lipinski definition) is 1. The van der Waals surface area contributed by atoms with Crippen LogP contribution in [0.25, 0.3) is 0 Å². The van der Waals surface area contributed by atoms with Crippen molar-refractivity contribution in [1.82, 2.24) is 0 Å². The Hall–Kier alpha value is -0.890. The lowest BCUT2D eigenvalue weighted by Gasteiger charge is -2.58. The zero-order valence-corrected chi connectivity index (χ0v) is 12.1. The number of rotatable bonds is 2. The summed E-state index contributed by atoms with van der Waals surface area (Å²) < 4.78 is 13.6. The number of benzene rings is 1. The summed E-state index contributed by atoms with van der Waals surface area (Å²) in [6.07, 6.45) is 7.07. The Kier molecular flexibility index (Phi) is 2.76. The predicted molar refractivity (Wildman–Crippen MR) is 76.7 cm³/mol. The fourth-order valence-corrected chi connectivity index (χ4v) is 5.75. The van der Waals surface area contributed by atoms with Crippen molar-refractivity contribution in [3.8, 4) is 0 Å². The molecule has 1 N–H and O–H groups in total.